The molecule has 2 aromatic carbocycles. The highest BCUT2D eigenvalue weighted by Crippen LogP contribution is 2.22. The summed E-state index contributed by atoms with van der Waals surface area (Å²) in [6.07, 6.45) is 0.563. The van der Waals surface area contributed by atoms with Gasteiger partial charge in [-0.25, -0.2) is 0 Å². The molecule has 0 radical (unpaired) electrons. The molecular weight excluding hydrogens is 416 g/mol. The summed E-state index contributed by atoms with van der Waals surface area (Å²) in [6.45, 7) is 9.09. The van der Waals surface area contributed by atoms with E-state index in [9.17, 15) is 9.59 Å². The molecule has 1 atom stereocenters. The molecule has 0 aliphatic rings. The lowest BCUT2D eigenvalue weighted by Crippen LogP contribution is -2.50. The number of carbonyl (C=O) groups excluding carboxylic acids is 2. The molecule has 2 amide bonds. The third kappa shape index (κ3) is 7.69. The first-order chi connectivity index (χ1) is 14.3. The third-order valence-electron chi connectivity index (χ3n) is 4.68. The quantitative estimate of drug-likeness (QED) is 0.502. The van der Waals surface area contributed by atoms with Crippen LogP contribution in [0.1, 0.15) is 38.3 Å². The number of nitrogens with one attached hydrogen (secondary N) is 1. The van der Waals surface area contributed by atoms with Crippen LogP contribution >= 0.6 is 23.4 Å². The van der Waals surface area contributed by atoms with Crippen LogP contribution in [-0.4, -0.2) is 35.1 Å². The number of benzene rings is 2. The first kappa shape index (κ1) is 24.3. The van der Waals surface area contributed by atoms with Crippen LogP contribution in [0.2, 0.25) is 5.02 Å². The Morgan fingerprint density at radius 1 is 1.13 bits per heavy atom. The maximum absolute atomic E-state index is 13.2. The van der Waals surface area contributed by atoms with Crippen LogP contribution in [0.3, 0.4) is 0 Å². The average Bonchev–Trinajstić information content (AvgIpc) is 2.71. The van der Waals surface area contributed by atoms with E-state index in [2.05, 4.69) is 25.2 Å². The van der Waals surface area contributed by atoms with Gasteiger partial charge in [-0.3, -0.25) is 9.59 Å². The van der Waals surface area contributed by atoms with Gasteiger partial charge >= 0.3 is 0 Å². The molecule has 30 heavy (non-hydrogen) atoms. The highest BCUT2D eigenvalue weighted by Gasteiger charge is 2.28. The first-order valence-electron chi connectivity index (χ1n) is 10.3. The molecule has 0 heterocycles. The van der Waals surface area contributed by atoms with Crippen molar-refractivity contribution in [3.63, 3.8) is 0 Å². The van der Waals surface area contributed by atoms with Crippen LogP contribution in [0.15, 0.2) is 53.4 Å². The molecule has 2 aromatic rings. The molecule has 0 fully saturated rings. The summed E-state index contributed by atoms with van der Waals surface area (Å²) >= 11 is 7.40. The molecule has 0 spiro atoms. The van der Waals surface area contributed by atoms with Crippen molar-refractivity contribution in [3.05, 3.63) is 64.7 Å². The molecule has 0 aromatic heterocycles. The van der Waals surface area contributed by atoms with Crippen molar-refractivity contribution in [2.45, 2.75) is 51.6 Å². The molecule has 0 bridgehead atoms. The van der Waals surface area contributed by atoms with Gasteiger partial charge in [0.15, 0.2) is 0 Å². The van der Waals surface area contributed by atoms with Crippen LogP contribution in [-0.2, 0) is 16.1 Å². The highest BCUT2D eigenvalue weighted by molar-refractivity contribution is 8.00. The topological polar surface area (TPSA) is 49.4 Å². The molecule has 4 nitrogen and oxygen atoms in total. The number of thioether (sulfide) groups is 1. The zero-order valence-corrected chi connectivity index (χ0v) is 19.7. The van der Waals surface area contributed by atoms with Gasteiger partial charge in [0.1, 0.15) is 6.04 Å². The van der Waals surface area contributed by atoms with Crippen molar-refractivity contribution < 1.29 is 9.59 Å². The lowest BCUT2D eigenvalue weighted by atomic mass is 10.1. The number of rotatable bonds is 10. The molecule has 0 aliphatic carbocycles. The summed E-state index contributed by atoms with van der Waals surface area (Å²) in [5.41, 5.74) is 2.16. The smallest absolute Gasteiger partial charge is 0.242 e. The Morgan fingerprint density at radius 3 is 2.43 bits per heavy atom. The predicted molar refractivity (Wildman–Crippen MR) is 126 cm³/mol. The summed E-state index contributed by atoms with van der Waals surface area (Å²) in [5, 5.41) is 3.66. The van der Waals surface area contributed by atoms with E-state index in [1.165, 1.54) is 11.8 Å². The van der Waals surface area contributed by atoms with Gasteiger partial charge in [0.2, 0.25) is 11.8 Å². The number of amides is 2. The zero-order chi connectivity index (χ0) is 22.1. The molecular formula is C24H31ClN2O2S. The van der Waals surface area contributed by atoms with E-state index in [-0.39, 0.29) is 17.6 Å². The first-order valence-corrected chi connectivity index (χ1v) is 11.7. The van der Waals surface area contributed by atoms with Gasteiger partial charge in [0.25, 0.3) is 0 Å². The second-order valence-electron chi connectivity index (χ2n) is 7.82. The van der Waals surface area contributed by atoms with E-state index in [0.29, 0.717) is 30.5 Å². The van der Waals surface area contributed by atoms with Crippen LogP contribution < -0.4 is 5.32 Å². The van der Waals surface area contributed by atoms with Crippen LogP contribution in [0, 0.1) is 12.8 Å². The third-order valence-corrected chi connectivity index (χ3v) is 5.93. The zero-order valence-electron chi connectivity index (χ0n) is 18.2. The monoisotopic (exact) mass is 446 g/mol. The highest BCUT2D eigenvalue weighted by atomic mass is 35.5. The summed E-state index contributed by atoms with van der Waals surface area (Å²) < 4.78 is 0. The summed E-state index contributed by atoms with van der Waals surface area (Å²) in [4.78, 5) is 28.8. The Balaban J connectivity index is 2.18. The standard InChI is InChI=1S/C24H31ClN2O2S/c1-5-22(24(29)26-14-17(2)3)27(15-19-8-6-7-18(4)13-19)23(28)16-30-21-11-9-20(25)10-12-21/h6-13,17,22H,5,14-16H2,1-4H3,(H,26,29)/t22-/m1/s1. The van der Waals surface area contributed by atoms with E-state index in [0.717, 1.165) is 16.0 Å². The van der Waals surface area contributed by atoms with Crippen molar-refractivity contribution in [2.24, 2.45) is 5.92 Å². The summed E-state index contributed by atoms with van der Waals surface area (Å²) in [5.74, 6) is 0.473. The fourth-order valence-electron chi connectivity index (χ4n) is 3.11. The summed E-state index contributed by atoms with van der Waals surface area (Å²) in [6, 6.07) is 15.0. The second-order valence-corrected chi connectivity index (χ2v) is 9.30. The van der Waals surface area contributed by atoms with Crippen molar-refractivity contribution in [2.75, 3.05) is 12.3 Å². The number of halogens is 1. The van der Waals surface area contributed by atoms with Gasteiger partial charge in [-0.1, -0.05) is 62.2 Å². The van der Waals surface area contributed by atoms with Gasteiger partial charge in [0, 0.05) is 23.0 Å². The SMILES string of the molecule is CC[C@H](C(=O)NCC(C)C)N(Cc1cccc(C)c1)C(=O)CSc1ccc(Cl)cc1. The molecule has 6 heteroatoms. The summed E-state index contributed by atoms with van der Waals surface area (Å²) in [7, 11) is 0. The number of hydrogen-bond donors (Lipinski definition) is 1. The maximum Gasteiger partial charge on any atom is 0.242 e. The number of nitrogens with zero attached hydrogens (tertiary/aromatic N) is 1. The average molecular weight is 447 g/mol. The molecule has 0 saturated carbocycles. The lowest BCUT2D eigenvalue weighted by Gasteiger charge is -2.31. The number of hydrogen-bond acceptors (Lipinski definition) is 3. The van der Waals surface area contributed by atoms with Gasteiger partial charge in [-0.15, -0.1) is 11.8 Å². The Labute approximate surface area is 189 Å². The normalized spacial score (nSPS) is 11.9. The van der Waals surface area contributed by atoms with Gasteiger partial charge in [0.05, 0.1) is 5.75 Å². The Morgan fingerprint density at radius 2 is 1.83 bits per heavy atom. The van der Waals surface area contributed by atoms with Crippen LogP contribution in [0.25, 0.3) is 0 Å². The van der Waals surface area contributed by atoms with Crippen molar-refractivity contribution in [1.29, 1.82) is 0 Å². The van der Waals surface area contributed by atoms with E-state index < -0.39 is 6.04 Å². The fraction of sp³-hybridized carbons (Fsp3) is 0.417. The Kier molecular flexibility index (Phi) is 9.73. The minimum absolute atomic E-state index is 0.0528. The van der Waals surface area contributed by atoms with Crippen LogP contribution in [0.4, 0.5) is 0 Å². The lowest BCUT2D eigenvalue weighted by molar-refractivity contribution is -0.139. The molecule has 0 aliphatic heterocycles. The van der Waals surface area contributed by atoms with Gasteiger partial charge < -0.3 is 10.2 Å². The van der Waals surface area contributed by atoms with E-state index in [1.54, 1.807) is 4.90 Å². The van der Waals surface area contributed by atoms with E-state index in [1.807, 2.05) is 56.3 Å². The fourth-order valence-corrected chi connectivity index (χ4v) is 4.02. The number of carbonyl (C=O) groups is 2. The molecule has 1 N–H and O–H groups in total. The number of aryl methyl sites for hydroxylation is 1. The van der Waals surface area contributed by atoms with Gasteiger partial charge in [-0.2, -0.15) is 0 Å². The van der Waals surface area contributed by atoms with Crippen molar-refractivity contribution in [1.82, 2.24) is 10.2 Å². The Bertz CT molecular complexity index is 839. The molecule has 0 saturated heterocycles. The predicted octanol–water partition coefficient (Wildman–Crippen LogP) is 5.32. The largest absolute Gasteiger partial charge is 0.354 e. The van der Waals surface area contributed by atoms with Crippen molar-refractivity contribution >= 4 is 35.2 Å². The Hall–Kier alpha value is -1.98. The molecule has 2 rings (SSSR count). The molecule has 162 valence electrons. The van der Waals surface area contributed by atoms with E-state index >= 15 is 0 Å². The minimum atomic E-state index is -0.498. The van der Waals surface area contributed by atoms with Crippen LogP contribution in [0.5, 0.6) is 0 Å². The minimum Gasteiger partial charge on any atom is -0.354 e. The second kappa shape index (κ2) is 12.0. The van der Waals surface area contributed by atoms with Gasteiger partial charge in [-0.05, 0) is 49.1 Å². The van der Waals surface area contributed by atoms with Crippen molar-refractivity contribution in [3.8, 4) is 0 Å². The van der Waals surface area contributed by atoms with E-state index in [4.69, 9.17) is 11.6 Å². The maximum atomic E-state index is 13.2. The molecule has 0 unspecified atom stereocenters.